The Kier molecular flexibility index (Phi) is 6.34. The summed E-state index contributed by atoms with van der Waals surface area (Å²) in [5.74, 6) is 0.395. The molecule has 1 aliphatic heterocycles. The zero-order chi connectivity index (χ0) is 25.6. The fourth-order valence-electron chi connectivity index (χ4n) is 4.85. The van der Waals surface area contributed by atoms with Crippen LogP contribution in [0.15, 0.2) is 53.5 Å². The lowest BCUT2D eigenvalue weighted by molar-refractivity contribution is -0.138. The summed E-state index contributed by atoms with van der Waals surface area (Å²) in [7, 11) is 1.46. The molecule has 1 fully saturated rings. The van der Waals surface area contributed by atoms with Crippen molar-refractivity contribution < 1.29 is 17.9 Å². The zero-order valence-electron chi connectivity index (χ0n) is 19.0. The molecule has 1 atom stereocenters. The molecular weight excluding hydrogens is 518 g/mol. The van der Waals surface area contributed by atoms with E-state index in [1.807, 2.05) is 4.90 Å². The van der Waals surface area contributed by atoms with Gasteiger partial charge in [-0.3, -0.25) is 9.13 Å². The fraction of sp³-hybridized carbons (Fsp3) is 0.292. The average molecular weight is 538 g/mol. The van der Waals surface area contributed by atoms with Gasteiger partial charge in [-0.1, -0.05) is 47.5 Å². The molecule has 1 aliphatic rings. The summed E-state index contributed by atoms with van der Waals surface area (Å²) in [6.07, 6.45) is -2.56. The van der Waals surface area contributed by atoms with Crippen molar-refractivity contribution in [3.05, 3.63) is 80.4 Å². The van der Waals surface area contributed by atoms with E-state index in [-0.39, 0.29) is 23.3 Å². The lowest BCUT2D eigenvalue weighted by Crippen LogP contribution is -2.30. The van der Waals surface area contributed by atoms with E-state index in [9.17, 15) is 18.0 Å². The monoisotopic (exact) mass is 537 g/mol. The summed E-state index contributed by atoms with van der Waals surface area (Å²) < 4.78 is 49.5. The van der Waals surface area contributed by atoms with E-state index in [1.54, 1.807) is 22.8 Å². The van der Waals surface area contributed by atoms with Crippen molar-refractivity contribution in [2.45, 2.75) is 25.2 Å². The van der Waals surface area contributed by atoms with Gasteiger partial charge in [-0.2, -0.15) is 18.3 Å². The number of nitrogens with zero attached hydrogens (tertiary/aromatic N) is 5. The first-order valence-corrected chi connectivity index (χ1v) is 11.8. The molecule has 36 heavy (non-hydrogen) atoms. The van der Waals surface area contributed by atoms with Crippen LogP contribution in [-0.2, 0) is 12.7 Å². The Morgan fingerprint density at radius 1 is 1.14 bits per heavy atom. The minimum atomic E-state index is -4.55. The molecule has 3 heterocycles. The largest absolute Gasteiger partial charge is 0.494 e. The number of halogens is 5. The molecule has 0 amide bonds. The number of imidazole rings is 1. The highest BCUT2D eigenvalue weighted by molar-refractivity contribution is 6.38. The van der Waals surface area contributed by atoms with Gasteiger partial charge in [-0.15, -0.1) is 5.10 Å². The molecule has 1 unspecified atom stereocenters. The van der Waals surface area contributed by atoms with Crippen LogP contribution in [0, 0.1) is 0 Å². The minimum absolute atomic E-state index is 0.00784. The summed E-state index contributed by atoms with van der Waals surface area (Å²) in [4.78, 5) is 15.7. The maximum atomic E-state index is 13.8. The van der Waals surface area contributed by atoms with Gasteiger partial charge in [0, 0.05) is 13.1 Å². The van der Waals surface area contributed by atoms with E-state index >= 15 is 0 Å². The van der Waals surface area contributed by atoms with Crippen LogP contribution in [0.3, 0.4) is 0 Å². The van der Waals surface area contributed by atoms with Crippen molar-refractivity contribution in [3.8, 4) is 5.75 Å². The number of anilines is 1. The fourth-order valence-corrected chi connectivity index (χ4v) is 5.42. The molecule has 7 nitrogen and oxygen atoms in total. The van der Waals surface area contributed by atoms with Gasteiger partial charge in [0.05, 0.1) is 47.7 Å². The SMILES string of the molecule is COc1cccc2c1n(Cc1ccccc1C(F)(F)F)c(=O)n2C1CCN(c2c(Cl)cnnc2Cl)C1. The minimum Gasteiger partial charge on any atom is -0.494 e. The summed E-state index contributed by atoms with van der Waals surface area (Å²) in [6, 6.07) is 10.2. The lowest BCUT2D eigenvalue weighted by Gasteiger charge is -2.20. The van der Waals surface area contributed by atoms with E-state index in [4.69, 9.17) is 27.9 Å². The highest BCUT2D eigenvalue weighted by Crippen LogP contribution is 2.38. The molecule has 0 saturated carbocycles. The molecule has 0 N–H and O–H groups in total. The van der Waals surface area contributed by atoms with E-state index in [2.05, 4.69) is 10.2 Å². The van der Waals surface area contributed by atoms with Crippen LogP contribution in [0.2, 0.25) is 10.2 Å². The summed E-state index contributed by atoms with van der Waals surface area (Å²) in [5, 5.41) is 8.10. The number of methoxy groups -OCH3 is 1. The molecule has 2 aromatic heterocycles. The van der Waals surface area contributed by atoms with Crippen molar-refractivity contribution >= 4 is 39.9 Å². The van der Waals surface area contributed by atoms with Crippen molar-refractivity contribution in [2.24, 2.45) is 0 Å². The van der Waals surface area contributed by atoms with Gasteiger partial charge < -0.3 is 9.64 Å². The lowest BCUT2D eigenvalue weighted by atomic mass is 10.1. The van der Waals surface area contributed by atoms with Crippen LogP contribution < -0.4 is 15.3 Å². The van der Waals surface area contributed by atoms with Crippen LogP contribution in [-0.4, -0.2) is 39.5 Å². The topological polar surface area (TPSA) is 65.2 Å². The number of hydrogen-bond acceptors (Lipinski definition) is 5. The van der Waals surface area contributed by atoms with Crippen molar-refractivity contribution in [2.75, 3.05) is 25.1 Å². The first-order valence-electron chi connectivity index (χ1n) is 11.0. The number of benzene rings is 2. The number of aromatic nitrogens is 4. The molecular formula is C24H20Cl2F3N5O2. The molecule has 1 saturated heterocycles. The second-order valence-electron chi connectivity index (χ2n) is 8.44. The maximum absolute atomic E-state index is 13.8. The maximum Gasteiger partial charge on any atom is 0.416 e. The van der Waals surface area contributed by atoms with Gasteiger partial charge in [0.25, 0.3) is 0 Å². The van der Waals surface area contributed by atoms with Crippen LogP contribution in [0.4, 0.5) is 18.9 Å². The number of alkyl halides is 3. The Labute approximate surface area is 213 Å². The predicted octanol–water partition coefficient (Wildman–Crippen LogP) is 5.43. The third-order valence-electron chi connectivity index (χ3n) is 6.40. The number of hydrogen-bond donors (Lipinski definition) is 0. The van der Waals surface area contributed by atoms with Gasteiger partial charge >= 0.3 is 11.9 Å². The van der Waals surface area contributed by atoms with Gasteiger partial charge in [0.15, 0.2) is 5.15 Å². The molecule has 0 radical (unpaired) electrons. The Morgan fingerprint density at radius 2 is 1.92 bits per heavy atom. The highest BCUT2D eigenvalue weighted by Gasteiger charge is 2.34. The first kappa shape index (κ1) is 24.5. The third kappa shape index (κ3) is 4.18. The quantitative estimate of drug-likeness (QED) is 0.339. The third-order valence-corrected chi connectivity index (χ3v) is 6.93. The molecule has 5 rings (SSSR count). The van der Waals surface area contributed by atoms with Gasteiger partial charge in [0.2, 0.25) is 0 Å². The van der Waals surface area contributed by atoms with Crippen molar-refractivity contribution in [1.29, 1.82) is 0 Å². The second kappa shape index (κ2) is 9.33. The van der Waals surface area contributed by atoms with E-state index in [0.717, 1.165) is 6.07 Å². The number of ether oxygens (including phenoxy) is 1. The Morgan fingerprint density at radius 3 is 2.64 bits per heavy atom. The normalized spacial score (nSPS) is 16.2. The summed E-state index contributed by atoms with van der Waals surface area (Å²) in [5.41, 5.74) is 0.316. The number of rotatable bonds is 5. The molecule has 0 aliphatic carbocycles. The van der Waals surface area contributed by atoms with Crippen LogP contribution >= 0.6 is 23.2 Å². The summed E-state index contributed by atoms with van der Waals surface area (Å²) in [6.45, 7) is 0.692. The molecule has 188 valence electrons. The molecule has 2 aromatic carbocycles. The molecule has 4 aromatic rings. The molecule has 12 heteroatoms. The first-order chi connectivity index (χ1) is 17.2. The summed E-state index contributed by atoms with van der Waals surface area (Å²) >= 11 is 12.5. The molecule has 0 bridgehead atoms. The van der Waals surface area contributed by atoms with Crippen molar-refractivity contribution in [3.63, 3.8) is 0 Å². The molecule has 0 spiro atoms. The van der Waals surface area contributed by atoms with Gasteiger partial charge in [0.1, 0.15) is 11.3 Å². The number of para-hydroxylation sites is 1. The van der Waals surface area contributed by atoms with Crippen molar-refractivity contribution in [1.82, 2.24) is 19.3 Å². The van der Waals surface area contributed by atoms with Gasteiger partial charge in [-0.05, 0) is 30.2 Å². The second-order valence-corrected chi connectivity index (χ2v) is 9.21. The number of fused-ring (bicyclic) bond motifs is 1. The van der Waals surface area contributed by atoms with Crippen LogP contribution in [0.1, 0.15) is 23.6 Å². The Bertz CT molecular complexity index is 1480. The zero-order valence-corrected chi connectivity index (χ0v) is 20.5. The average Bonchev–Trinajstić information content (AvgIpc) is 3.41. The van der Waals surface area contributed by atoms with E-state index in [0.29, 0.717) is 47.0 Å². The Hall–Kier alpha value is -3.24. The van der Waals surface area contributed by atoms with Crippen LogP contribution in [0.25, 0.3) is 11.0 Å². The van der Waals surface area contributed by atoms with E-state index < -0.39 is 17.4 Å². The van der Waals surface area contributed by atoms with Gasteiger partial charge in [-0.25, -0.2) is 4.79 Å². The van der Waals surface area contributed by atoms with Crippen LogP contribution in [0.5, 0.6) is 5.75 Å². The standard InChI is InChI=1S/C24H20Cl2F3N5O2/c1-36-19-8-4-7-18-21(19)33(12-14-5-2-3-6-16(14)24(27,28)29)23(35)34(18)15-9-10-32(13-15)20-17(25)11-30-31-22(20)26/h2-8,11,15H,9-10,12-13H2,1H3. The highest BCUT2D eigenvalue weighted by atomic mass is 35.5. The predicted molar refractivity (Wildman–Crippen MR) is 131 cm³/mol. The van der Waals surface area contributed by atoms with E-state index in [1.165, 1.54) is 36.1 Å². The Balaban J connectivity index is 1.61. The smallest absolute Gasteiger partial charge is 0.416 e.